The summed E-state index contributed by atoms with van der Waals surface area (Å²) in [4.78, 5) is 0. The van der Waals surface area contributed by atoms with Crippen molar-refractivity contribution in [2.75, 3.05) is 0 Å². The predicted molar refractivity (Wildman–Crippen MR) is 122 cm³/mol. The molecule has 0 spiro atoms. The quantitative estimate of drug-likeness (QED) is 0.423. The summed E-state index contributed by atoms with van der Waals surface area (Å²) in [5, 5.41) is 10.7. The first-order valence-electron chi connectivity index (χ1n) is 8.71. The zero-order valence-electron chi connectivity index (χ0n) is 17.3. The number of halogens is 2. The number of phenols is 1. The molecule has 0 saturated carbocycles. The van der Waals surface area contributed by atoms with Crippen LogP contribution in [0.4, 0.5) is 0 Å². The zero-order chi connectivity index (χ0) is 18.8. The Morgan fingerprint density at radius 3 is 1.85 bits per heavy atom. The standard InChI is InChI=1S/C10H16OSi.C6H7.C5H10.2ClH.Ti/c1-8-5-9(11)7-10(6-8)12(2,3)4;1-6-4-2-3-5-6;1-3-5-4-2;;;/h5-7,11H,1-4H3;2,4H,3H2,1H3;3-4H2,1-2H3;2*1H;/q;-1;;;;+1. The molecule has 2 rings (SSSR count). The molecule has 1 aromatic rings. The van der Waals surface area contributed by atoms with Gasteiger partial charge in [-0.2, -0.15) is 6.08 Å². The molecule has 1 N–H and O–H groups in total. The molecule has 0 unspecified atom stereocenters. The molecule has 5 heteroatoms. The Labute approximate surface area is 186 Å². The monoisotopic (exact) mass is 449 g/mol. The average Bonchev–Trinajstić information content (AvgIpc) is 2.97. The fourth-order valence-electron chi connectivity index (χ4n) is 1.96. The average molecular weight is 450 g/mol. The summed E-state index contributed by atoms with van der Waals surface area (Å²) in [5.74, 6) is 0.396. The maximum atomic E-state index is 9.38. The number of benzene rings is 1. The number of allylic oxidation sites excluding steroid dienone is 4. The molecule has 1 aliphatic carbocycles. The van der Waals surface area contributed by atoms with Crippen LogP contribution >= 0.6 is 24.8 Å². The van der Waals surface area contributed by atoms with Gasteiger partial charge in [-0.25, -0.2) is 11.6 Å². The second-order valence-corrected chi connectivity index (χ2v) is 13.3. The van der Waals surface area contributed by atoms with E-state index in [1.165, 1.54) is 23.6 Å². The fourth-order valence-corrected chi connectivity index (χ4v) is 3.20. The zero-order valence-corrected chi connectivity index (χ0v) is 21.5. The maximum absolute atomic E-state index is 9.38. The molecule has 0 radical (unpaired) electrons. The Bertz CT molecular complexity index is 561. The summed E-state index contributed by atoms with van der Waals surface area (Å²) in [6, 6.07) is 5.86. The van der Waals surface area contributed by atoms with Gasteiger partial charge in [0.25, 0.3) is 0 Å². The molecule has 26 heavy (non-hydrogen) atoms. The van der Waals surface area contributed by atoms with Gasteiger partial charge < -0.3 is 5.11 Å². The number of hydrogen-bond donors (Lipinski definition) is 1. The first-order valence-corrected chi connectivity index (χ1v) is 13.0. The molecule has 0 amide bonds. The summed E-state index contributed by atoms with van der Waals surface area (Å²) in [6.45, 7) is 15.3. The largest absolute Gasteiger partial charge is 0.508 e. The van der Waals surface area contributed by atoms with Crippen LogP contribution in [0.15, 0.2) is 35.9 Å². The molecular formula is C21H35Cl2OSiTi. The first kappa shape index (κ1) is 30.6. The van der Waals surface area contributed by atoms with Gasteiger partial charge in [-0.1, -0.05) is 37.8 Å². The van der Waals surface area contributed by atoms with E-state index in [0.717, 1.165) is 12.0 Å². The summed E-state index contributed by atoms with van der Waals surface area (Å²) >= 11 is 2.19. The van der Waals surface area contributed by atoms with Crippen LogP contribution in [0.1, 0.15) is 45.6 Å². The van der Waals surface area contributed by atoms with Crippen LogP contribution in [0.3, 0.4) is 0 Å². The van der Waals surface area contributed by atoms with Crippen molar-refractivity contribution in [2.24, 2.45) is 0 Å². The van der Waals surface area contributed by atoms with Crippen LogP contribution in [0.5, 0.6) is 5.75 Å². The van der Waals surface area contributed by atoms with Crippen molar-refractivity contribution in [3.8, 4) is 5.75 Å². The molecule has 0 atom stereocenters. The predicted octanol–water partition coefficient (Wildman–Crippen LogP) is 6.31. The molecular weight excluding hydrogens is 415 g/mol. The van der Waals surface area contributed by atoms with Gasteiger partial charge >= 0.3 is 50.5 Å². The van der Waals surface area contributed by atoms with Gasteiger partial charge in [0, 0.05) is 0 Å². The third-order valence-electron chi connectivity index (χ3n) is 3.65. The number of hydrogen-bond acceptors (Lipinski definition) is 1. The van der Waals surface area contributed by atoms with Gasteiger partial charge in [0.15, 0.2) is 0 Å². The van der Waals surface area contributed by atoms with E-state index >= 15 is 0 Å². The van der Waals surface area contributed by atoms with Crippen LogP contribution in [0.25, 0.3) is 0 Å². The number of aryl methyl sites for hydroxylation is 1. The Hall–Kier alpha value is -0.119. The summed E-state index contributed by atoms with van der Waals surface area (Å²) in [6.07, 6.45) is 10.8. The van der Waals surface area contributed by atoms with Gasteiger partial charge in [-0.3, -0.25) is 6.08 Å². The Morgan fingerprint density at radius 1 is 1.08 bits per heavy atom. The van der Waals surface area contributed by atoms with E-state index in [0.29, 0.717) is 5.75 Å². The molecule has 0 saturated heterocycles. The fraction of sp³-hybridized carbons (Fsp3) is 0.476. The summed E-state index contributed by atoms with van der Waals surface area (Å²) in [5.41, 5.74) is 2.42. The second-order valence-electron chi connectivity index (χ2n) is 7.08. The minimum absolute atomic E-state index is 0. The van der Waals surface area contributed by atoms with Crippen molar-refractivity contribution in [3.63, 3.8) is 0 Å². The van der Waals surface area contributed by atoms with Crippen molar-refractivity contribution in [2.45, 2.75) is 66.6 Å². The number of phenolic OH excluding ortho intramolecular Hbond substituents is 1. The van der Waals surface area contributed by atoms with E-state index < -0.39 is 8.07 Å². The molecule has 1 aliphatic rings. The summed E-state index contributed by atoms with van der Waals surface area (Å²) in [7, 11) is -1.26. The topological polar surface area (TPSA) is 20.2 Å². The number of aromatic hydroxyl groups is 1. The van der Waals surface area contributed by atoms with E-state index in [9.17, 15) is 5.11 Å². The van der Waals surface area contributed by atoms with Crippen LogP contribution < -0.4 is 5.19 Å². The molecule has 0 bridgehead atoms. The smallest absolute Gasteiger partial charge is 0.115 e. The Morgan fingerprint density at radius 2 is 1.62 bits per heavy atom. The molecule has 1 nitrogen and oxygen atoms in total. The Balaban J connectivity index is -0.000000324. The normalized spacial score (nSPS) is 11.7. The first-order chi connectivity index (χ1) is 11.1. The van der Waals surface area contributed by atoms with Gasteiger partial charge in [0.1, 0.15) is 5.75 Å². The van der Waals surface area contributed by atoms with E-state index in [4.69, 9.17) is 0 Å². The SMILES string of the molecule is CC1=[C-]CC=C1.CC[C](=[Ti+])CC.Cc1cc(O)cc([Si](C)(C)C)c1.Cl.Cl. The number of rotatable bonds is 3. The van der Waals surface area contributed by atoms with Crippen molar-refractivity contribution >= 4 is 41.9 Å². The van der Waals surface area contributed by atoms with Crippen molar-refractivity contribution in [1.29, 1.82) is 0 Å². The molecule has 0 aromatic heterocycles. The van der Waals surface area contributed by atoms with Crippen molar-refractivity contribution in [3.05, 3.63) is 47.6 Å². The molecule has 1 aromatic carbocycles. The van der Waals surface area contributed by atoms with E-state index in [2.05, 4.69) is 84.7 Å². The third kappa shape index (κ3) is 15.0. The third-order valence-corrected chi connectivity index (χ3v) is 6.77. The van der Waals surface area contributed by atoms with E-state index in [1.54, 1.807) is 9.88 Å². The van der Waals surface area contributed by atoms with Gasteiger partial charge in [-0.05, 0) is 24.6 Å². The molecule has 0 heterocycles. The minimum Gasteiger partial charge on any atom is -0.508 e. The van der Waals surface area contributed by atoms with Gasteiger partial charge in [0.2, 0.25) is 0 Å². The van der Waals surface area contributed by atoms with Crippen molar-refractivity contribution < 1.29 is 25.1 Å². The van der Waals surface area contributed by atoms with Crippen LogP contribution in [-0.2, 0) is 20.0 Å². The van der Waals surface area contributed by atoms with Crippen LogP contribution in [0.2, 0.25) is 19.6 Å². The second kappa shape index (κ2) is 15.9. The van der Waals surface area contributed by atoms with Crippen molar-refractivity contribution in [1.82, 2.24) is 0 Å². The van der Waals surface area contributed by atoms with Crippen LogP contribution in [0, 0.1) is 13.0 Å². The van der Waals surface area contributed by atoms with Crippen LogP contribution in [-0.4, -0.2) is 17.0 Å². The molecule has 147 valence electrons. The van der Waals surface area contributed by atoms with E-state index in [1.807, 2.05) is 13.0 Å². The van der Waals surface area contributed by atoms with Gasteiger partial charge in [-0.15, -0.1) is 31.2 Å². The van der Waals surface area contributed by atoms with E-state index in [-0.39, 0.29) is 24.8 Å². The molecule has 0 aliphatic heterocycles. The molecule has 0 fully saturated rings. The minimum atomic E-state index is -1.26. The summed E-state index contributed by atoms with van der Waals surface area (Å²) < 4.78 is 1.59. The maximum Gasteiger partial charge on any atom is 0.115 e. The Kier molecular flexibility index (Phi) is 18.7. The van der Waals surface area contributed by atoms with Gasteiger partial charge in [0.05, 0.1) is 8.07 Å².